The highest BCUT2D eigenvalue weighted by Gasteiger charge is 2.26. The third-order valence-corrected chi connectivity index (χ3v) is 6.48. The van der Waals surface area contributed by atoms with Gasteiger partial charge in [0.25, 0.3) is 5.91 Å². The molecule has 3 aromatic rings. The minimum atomic E-state index is -0.242. The van der Waals surface area contributed by atoms with E-state index in [2.05, 4.69) is 31.3 Å². The molecule has 1 N–H and O–H groups in total. The zero-order valence-electron chi connectivity index (χ0n) is 16.8. The van der Waals surface area contributed by atoms with Crippen LogP contribution >= 0.6 is 11.3 Å². The lowest BCUT2D eigenvalue weighted by atomic mass is 10.0. The number of anilines is 2. The molecule has 2 aromatic heterocycles. The second-order valence-corrected chi connectivity index (χ2v) is 8.58. The predicted octanol–water partition coefficient (Wildman–Crippen LogP) is 3.69. The number of thiazole rings is 1. The van der Waals surface area contributed by atoms with Crippen LogP contribution in [0.15, 0.2) is 41.7 Å². The van der Waals surface area contributed by atoms with Gasteiger partial charge in [0, 0.05) is 31.5 Å². The molecule has 0 bridgehead atoms. The molecule has 158 valence electrons. The maximum atomic E-state index is 13.6. The quantitative estimate of drug-likeness (QED) is 0.596. The van der Waals surface area contributed by atoms with Crippen molar-refractivity contribution in [3.63, 3.8) is 0 Å². The van der Waals surface area contributed by atoms with Gasteiger partial charge in [0.15, 0.2) is 10.8 Å². The number of benzene rings is 1. The molecule has 2 aliphatic rings. The van der Waals surface area contributed by atoms with Gasteiger partial charge in [-0.3, -0.25) is 9.79 Å². The summed E-state index contributed by atoms with van der Waals surface area (Å²) in [7, 11) is 0. The fraction of sp³-hybridized carbons (Fsp3) is 0.318. The predicted molar refractivity (Wildman–Crippen MR) is 120 cm³/mol. The van der Waals surface area contributed by atoms with Crippen LogP contribution in [-0.2, 0) is 6.42 Å². The van der Waals surface area contributed by atoms with Crippen LogP contribution in [0.5, 0.6) is 0 Å². The third kappa shape index (κ3) is 4.05. The van der Waals surface area contributed by atoms with E-state index in [4.69, 9.17) is 0 Å². The molecule has 7 nitrogen and oxygen atoms in total. The number of allylic oxidation sites excluding steroid dienone is 1. The van der Waals surface area contributed by atoms with Crippen LogP contribution < -0.4 is 10.2 Å². The van der Waals surface area contributed by atoms with Gasteiger partial charge >= 0.3 is 0 Å². The summed E-state index contributed by atoms with van der Waals surface area (Å²) in [5, 5.41) is 3.33. The normalized spacial score (nSPS) is 17.3. The van der Waals surface area contributed by atoms with E-state index in [0.717, 1.165) is 37.1 Å². The average molecular weight is 437 g/mol. The standard InChI is InChI=1S/C22H21FN6OS/c23-16-5-6-17-15(11-16)7-10-29(17)19-18-21(27-13-26-19)31-22(28-18)20(30)25-9-2-4-14-3-1-8-24-12-14/h1,3,5-6,8,11,13-14H,2,4,7,9-10,12H2,(H,25,30). The molecule has 1 unspecified atom stereocenters. The summed E-state index contributed by atoms with van der Waals surface area (Å²) < 4.78 is 13.6. The van der Waals surface area contributed by atoms with E-state index in [9.17, 15) is 9.18 Å². The van der Waals surface area contributed by atoms with Crippen LogP contribution in [0.1, 0.15) is 28.2 Å². The number of rotatable bonds is 6. The molecule has 5 rings (SSSR count). The Morgan fingerprint density at radius 2 is 2.26 bits per heavy atom. The smallest absolute Gasteiger partial charge is 0.280 e. The van der Waals surface area contributed by atoms with E-state index in [0.29, 0.717) is 40.2 Å². The van der Waals surface area contributed by atoms with E-state index in [1.165, 1.54) is 23.7 Å². The Kier molecular flexibility index (Phi) is 5.42. The first-order chi connectivity index (χ1) is 15.2. The number of dihydropyridines is 1. The highest BCUT2D eigenvalue weighted by Crippen LogP contribution is 2.37. The summed E-state index contributed by atoms with van der Waals surface area (Å²) >= 11 is 1.26. The number of carbonyl (C=O) groups excluding carboxylic acids is 1. The first-order valence-corrected chi connectivity index (χ1v) is 11.1. The number of aliphatic imine (C=N–C) groups is 1. The fourth-order valence-electron chi connectivity index (χ4n) is 3.98. The second-order valence-electron chi connectivity index (χ2n) is 7.60. The fourth-order valence-corrected chi connectivity index (χ4v) is 4.80. The Morgan fingerprint density at radius 1 is 1.32 bits per heavy atom. The lowest BCUT2D eigenvalue weighted by Crippen LogP contribution is -2.24. The lowest BCUT2D eigenvalue weighted by molar-refractivity contribution is 0.0952. The van der Waals surface area contributed by atoms with Crippen molar-refractivity contribution in [2.45, 2.75) is 19.3 Å². The van der Waals surface area contributed by atoms with Crippen molar-refractivity contribution in [3.8, 4) is 0 Å². The number of fused-ring (bicyclic) bond motifs is 2. The molecule has 0 radical (unpaired) electrons. The van der Waals surface area contributed by atoms with Crippen LogP contribution in [0.2, 0.25) is 0 Å². The Labute approximate surface area is 182 Å². The van der Waals surface area contributed by atoms with Crippen LogP contribution in [0.25, 0.3) is 10.3 Å². The minimum absolute atomic E-state index is 0.199. The average Bonchev–Trinajstić information content (AvgIpc) is 3.41. The Bertz CT molecular complexity index is 1190. The molecule has 0 fully saturated rings. The van der Waals surface area contributed by atoms with Crippen molar-refractivity contribution in [2.75, 3.05) is 24.5 Å². The van der Waals surface area contributed by atoms with Crippen molar-refractivity contribution in [3.05, 3.63) is 53.1 Å². The third-order valence-electron chi connectivity index (χ3n) is 5.52. The van der Waals surface area contributed by atoms with Gasteiger partial charge in [-0.15, -0.1) is 0 Å². The number of carbonyl (C=O) groups is 1. The molecule has 2 aliphatic heterocycles. The molecular formula is C22H21FN6OS. The van der Waals surface area contributed by atoms with Crippen molar-refractivity contribution in [1.82, 2.24) is 20.3 Å². The van der Waals surface area contributed by atoms with Gasteiger partial charge in [-0.05, 0) is 55.0 Å². The number of aromatic nitrogens is 3. The molecule has 9 heteroatoms. The SMILES string of the molecule is O=C(NCCCC1C=CC=NC1)c1nc2c(N3CCc4cc(F)ccc43)ncnc2s1. The Hall–Kier alpha value is -3.20. The molecule has 1 atom stereocenters. The summed E-state index contributed by atoms with van der Waals surface area (Å²) in [4.78, 5) is 32.8. The topological polar surface area (TPSA) is 83.4 Å². The monoisotopic (exact) mass is 436 g/mol. The summed E-state index contributed by atoms with van der Waals surface area (Å²) in [6.07, 6.45) is 10.0. The number of hydrogen-bond donors (Lipinski definition) is 1. The lowest BCUT2D eigenvalue weighted by Gasteiger charge is -2.18. The summed E-state index contributed by atoms with van der Waals surface area (Å²) in [6.45, 7) is 2.09. The Balaban J connectivity index is 1.29. The molecule has 0 spiro atoms. The molecule has 0 aliphatic carbocycles. The molecule has 4 heterocycles. The van der Waals surface area contributed by atoms with Gasteiger partial charge in [-0.2, -0.15) is 0 Å². The number of halogens is 1. The van der Waals surface area contributed by atoms with Crippen molar-refractivity contribution >= 4 is 45.3 Å². The molecule has 0 saturated heterocycles. The summed E-state index contributed by atoms with van der Waals surface area (Å²) in [5.41, 5.74) is 2.46. The van der Waals surface area contributed by atoms with E-state index >= 15 is 0 Å². The van der Waals surface area contributed by atoms with Crippen LogP contribution in [-0.4, -0.2) is 46.7 Å². The van der Waals surface area contributed by atoms with Crippen LogP contribution in [0.3, 0.4) is 0 Å². The highest BCUT2D eigenvalue weighted by atomic mass is 32.1. The zero-order chi connectivity index (χ0) is 21.2. The number of amides is 1. The second kappa shape index (κ2) is 8.50. The van der Waals surface area contributed by atoms with Gasteiger partial charge in [-0.1, -0.05) is 17.4 Å². The number of hydrogen-bond acceptors (Lipinski definition) is 7. The summed E-state index contributed by atoms with van der Waals surface area (Å²) in [6, 6.07) is 4.77. The molecule has 0 saturated carbocycles. The van der Waals surface area contributed by atoms with E-state index < -0.39 is 0 Å². The molecule has 1 aromatic carbocycles. The van der Waals surface area contributed by atoms with Crippen molar-refractivity contribution in [1.29, 1.82) is 0 Å². The van der Waals surface area contributed by atoms with E-state index in [-0.39, 0.29) is 11.7 Å². The first-order valence-electron chi connectivity index (χ1n) is 10.3. The van der Waals surface area contributed by atoms with Crippen LogP contribution in [0, 0.1) is 11.7 Å². The maximum Gasteiger partial charge on any atom is 0.280 e. The maximum absolute atomic E-state index is 13.6. The van der Waals surface area contributed by atoms with Gasteiger partial charge < -0.3 is 10.2 Å². The van der Waals surface area contributed by atoms with Gasteiger partial charge in [0.05, 0.1) is 0 Å². The van der Waals surface area contributed by atoms with Crippen molar-refractivity contribution in [2.24, 2.45) is 10.9 Å². The molecule has 31 heavy (non-hydrogen) atoms. The van der Waals surface area contributed by atoms with E-state index in [1.807, 2.05) is 17.2 Å². The van der Waals surface area contributed by atoms with Crippen molar-refractivity contribution < 1.29 is 9.18 Å². The highest BCUT2D eigenvalue weighted by molar-refractivity contribution is 7.19. The van der Waals surface area contributed by atoms with Gasteiger partial charge in [0.2, 0.25) is 0 Å². The first kappa shape index (κ1) is 19.7. The van der Waals surface area contributed by atoms with Gasteiger partial charge in [0.1, 0.15) is 22.5 Å². The summed E-state index contributed by atoms with van der Waals surface area (Å²) in [5.74, 6) is 0.651. The minimum Gasteiger partial charge on any atom is -0.350 e. The van der Waals surface area contributed by atoms with Crippen LogP contribution in [0.4, 0.5) is 15.9 Å². The van der Waals surface area contributed by atoms with E-state index in [1.54, 1.807) is 12.1 Å². The Morgan fingerprint density at radius 3 is 3.13 bits per heavy atom. The van der Waals surface area contributed by atoms with Gasteiger partial charge in [-0.25, -0.2) is 19.3 Å². The number of nitrogens with zero attached hydrogens (tertiary/aromatic N) is 5. The molecular weight excluding hydrogens is 415 g/mol. The largest absolute Gasteiger partial charge is 0.350 e. The molecule has 1 amide bonds. The zero-order valence-corrected chi connectivity index (χ0v) is 17.6. The number of nitrogens with one attached hydrogen (secondary N) is 1.